The molecule has 0 aromatic rings. The minimum absolute atomic E-state index is 0.238. The van der Waals surface area contributed by atoms with Crippen LogP contribution in [-0.4, -0.2) is 48.8 Å². The van der Waals surface area contributed by atoms with Crippen molar-refractivity contribution in [2.24, 2.45) is 5.41 Å². The van der Waals surface area contributed by atoms with Crippen LogP contribution in [0, 0.1) is 5.41 Å². The fraction of sp³-hybridized carbons (Fsp3) is 1.00. The summed E-state index contributed by atoms with van der Waals surface area (Å²) in [6.45, 7) is 9.18. The molecule has 90 valence electrons. The first-order chi connectivity index (χ1) is 6.87. The maximum absolute atomic E-state index is 9.79. The summed E-state index contributed by atoms with van der Waals surface area (Å²) in [5, 5.41) is 13.1. The molecule has 1 aliphatic rings. The summed E-state index contributed by atoms with van der Waals surface area (Å²) in [4.78, 5) is 2.21. The van der Waals surface area contributed by atoms with Crippen molar-refractivity contribution in [1.29, 1.82) is 0 Å². The number of aliphatic hydroxyl groups is 1. The number of hydrogen-bond acceptors (Lipinski definition) is 3. The van der Waals surface area contributed by atoms with Gasteiger partial charge in [-0.1, -0.05) is 20.8 Å². The minimum atomic E-state index is -0.238. The lowest BCUT2D eigenvalue weighted by atomic mass is 9.96. The van der Waals surface area contributed by atoms with E-state index in [-0.39, 0.29) is 6.10 Å². The smallest absolute Gasteiger partial charge is 0.0791 e. The molecule has 1 fully saturated rings. The molecule has 3 heteroatoms. The van der Waals surface area contributed by atoms with Gasteiger partial charge in [0.2, 0.25) is 0 Å². The van der Waals surface area contributed by atoms with Gasteiger partial charge in [-0.05, 0) is 25.3 Å². The predicted molar refractivity (Wildman–Crippen MR) is 64.0 cm³/mol. The van der Waals surface area contributed by atoms with Gasteiger partial charge in [-0.3, -0.25) is 0 Å². The van der Waals surface area contributed by atoms with Crippen molar-refractivity contribution in [3.8, 4) is 0 Å². The lowest BCUT2D eigenvalue weighted by molar-refractivity contribution is 0.106. The molecule has 1 saturated carbocycles. The third-order valence-corrected chi connectivity index (χ3v) is 2.49. The molecule has 1 unspecified atom stereocenters. The molecule has 2 N–H and O–H groups in total. The second kappa shape index (κ2) is 5.28. The van der Waals surface area contributed by atoms with Crippen LogP contribution in [0.1, 0.15) is 33.6 Å². The van der Waals surface area contributed by atoms with E-state index in [0.717, 1.165) is 19.6 Å². The van der Waals surface area contributed by atoms with Crippen LogP contribution in [0.2, 0.25) is 0 Å². The summed E-state index contributed by atoms with van der Waals surface area (Å²) in [5.41, 5.74) is 0.304. The minimum Gasteiger partial charge on any atom is -0.390 e. The highest BCUT2D eigenvalue weighted by molar-refractivity contribution is 4.82. The van der Waals surface area contributed by atoms with Crippen LogP contribution in [0.5, 0.6) is 0 Å². The molecule has 0 aromatic heterocycles. The van der Waals surface area contributed by atoms with Gasteiger partial charge in [-0.15, -0.1) is 0 Å². The lowest BCUT2D eigenvalue weighted by Gasteiger charge is -2.28. The summed E-state index contributed by atoms with van der Waals surface area (Å²) in [5.74, 6) is 0. The Morgan fingerprint density at radius 3 is 2.47 bits per heavy atom. The Labute approximate surface area is 93.9 Å². The van der Waals surface area contributed by atoms with E-state index in [0.29, 0.717) is 11.5 Å². The number of hydrogen-bond donors (Lipinski definition) is 2. The van der Waals surface area contributed by atoms with Crippen molar-refractivity contribution in [3.05, 3.63) is 0 Å². The molecule has 0 spiro atoms. The monoisotopic (exact) mass is 214 g/mol. The maximum Gasteiger partial charge on any atom is 0.0791 e. The first-order valence-electron chi connectivity index (χ1n) is 5.97. The Kier molecular flexibility index (Phi) is 4.56. The van der Waals surface area contributed by atoms with Crippen LogP contribution in [0.4, 0.5) is 0 Å². The van der Waals surface area contributed by atoms with Gasteiger partial charge in [-0.25, -0.2) is 0 Å². The van der Waals surface area contributed by atoms with Crippen molar-refractivity contribution in [3.63, 3.8) is 0 Å². The normalized spacial score (nSPS) is 19.6. The molecule has 0 heterocycles. The van der Waals surface area contributed by atoms with Gasteiger partial charge in [0.25, 0.3) is 0 Å². The third-order valence-electron chi connectivity index (χ3n) is 2.49. The van der Waals surface area contributed by atoms with Crippen molar-refractivity contribution >= 4 is 0 Å². The van der Waals surface area contributed by atoms with E-state index in [1.807, 2.05) is 0 Å². The first-order valence-corrected chi connectivity index (χ1v) is 5.97. The Morgan fingerprint density at radius 1 is 1.40 bits per heavy atom. The zero-order valence-corrected chi connectivity index (χ0v) is 10.6. The fourth-order valence-corrected chi connectivity index (χ4v) is 1.89. The highest BCUT2D eigenvalue weighted by Crippen LogP contribution is 2.18. The van der Waals surface area contributed by atoms with Gasteiger partial charge in [0.05, 0.1) is 6.10 Å². The average molecular weight is 214 g/mol. The summed E-state index contributed by atoms with van der Waals surface area (Å²) in [6.07, 6.45) is 2.33. The van der Waals surface area contributed by atoms with Crippen molar-refractivity contribution in [2.45, 2.75) is 45.8 Å². The molecule has 15 heavy (non-hydrogen) atoms. The molecular formula is C12H26N2O. The van der Waals surface area contributed by atoms with E-state index >= 15 is 0 Å². The maximum atomic E-state index is 9.79. The molecular weight excluding hydrogens is 188 g/mol. The van der Waals surface area contributed by atoms with Crippen LogP contribution >= 0.6 is 0 Å². The largest absolute Gasteiger partial charge is 0.390 e. The van der Waals surface area contributed by atoms with Crippen molar-refractivity contribution < 1.29 is 5.11 Å². The highest BCUT2D eigenvalue weighted by Gasteiger charge is 2.22. The average Bonchev–Trinajstić information content (AvgIpc) is 2.79. The molecule has 1 atom stereocenters. The topological polar surface area (TPSA) is 35.5 Å². The molecule has 1 rings (SSSR count). The summed E-state index contributed by atoms with van der Waals surface area (Å²) in [6, 6.07) is 0.688. The van der Waals surface area contributed by atoms with Gasteiger partial charge in [0.1, 0.15) is 0 Å². The lowest BCUT2D eigenvalue weighted by Crippen LogP contribution is -2.40. The first kappa shape index (κ1) is 12.9. The zero-order valence-electron chi connectivity index (χ0n) is 10.6. The van der Waals surface area contributed by atoms with Gasteiger partial charge in [-0.2, -0.15) is 0 Å². The Morgan fingerprint density at radius 2 is 2.00 bits per heavy atom. The van der Waals surface area contributed by atoms with E-state index in [9.17, 15) is 5.11 Å². The van der Waals surface area contributed by atoms with Crippen LogP contribution in [-0.2, 0) is 0 Å². The molecule has 0 radical (unpaired) electrons. The Bertz CT molecular complexity index is 185. The van der Waals surface area contributed by atoms with E-state index in [4.69, 9.17) is 0 Å². The Balaban J connectivity index is 2.09. The molecule has 0 bridgehead atoms. The summed E-state index contributed by atoms with van der Waals surface area (Å²) in [7, 11) is 2.07. The number of likely N-dealkylation sites (N-methyl/N-ethyl adjacent to an activating group) is 1. The SMILES string of the molecule is CN(CC(O)CNC1CC1)CC(C)(C)C. The molecule has 0 aromatic carbocycles. The van der Waals surface area contributed by atoms with Crippen LogP contribution in [0.25, 0.3) is 0 Å². The quantitative estimate of drug-likeness (QED) is 0.694. The van der Waals surface area contributed by atoms with Crippen LogP contribution < -0.4 is 5.32 Å². The second-order valence-electron chi connectivity index (χ2n) is 6.09. The number of nitrogens with zero attached hydrogens (tertiary/aromatic N) is 1. The zero-order chi connectivity index (χ0) is 11.5. The molecule has 0 amide bonds. The number of nitrogens with one attached hydrogen (secondary N) is 1. The molecule has 1 aliphatic carbocycles. The van der Waals surface area contributed by atoms with Gasteiger partial charge in [0, 0.05) is 25.7 Å². The summed E-state index contributed by atoms with van der Waals surface area (Å²) >= 11 is 0. The van der Waals surface area contributed by atoms with Gasteiger partial charge >= 0.3 is 0 Å². The summed E-state index contributed by atoms with van der Waals surface area (Å²) < 4.78 is 0. The molecule has 0 aliphatic heterocycles. The van der Waals surface area contributed by atoms with E-state index in [2.05, 4.69) is 38.0 Å². The van der Waals surface area contributed by atoms with E-state index in [1.165, 1.54) is 12.8 Å². The predicted octanol–water partition coefficient (Wildman–Crippen LogP) is 1.08. The van der Waals surface area contributed by atoms with E-state index < -0.39 is 0 Å². The van der Waals surface area contributed by atoms with Crippen molar-refractivity contribution in [2.75, 3.05) is 26.7 Å². The Hall–Kier alpha value is -0.120. The molecule has 0 saturated heterocycles. The van der Waals surface area contributed by atoms with Crippen molar-refractivity contribution in [1.82, 2.24) is 10.2 Å². The second-order valence-corrected chi connectivity index (χ2v) is 6.09. The van der Waals surface area contributed by atoms with Gasteiger partial charge < -0.3 is 15.3 Å². The third kappa shape index (κ3) is 6.88. The van der Waals surface area contributed by atoms with E-state index in [1.54, 1.807) is 0 Å². The number of aliphatic hydroxyl groups excluding tert-OH is 1. The fourth-order valence-electron chi connectivity index (χ4n) is 1.89. The number of rotatable bonds is 6. The highest BCUT2D eigenvalue weighted by atomic mass is 16.3. The van der Waals surface area contributed by atoms with Crippen LogP contribution in [0.3, 0.4) is 0 Å². The standard InChI is InChI=1S/C12H26N2O/c1-12(2,3)9-14(4)8-11(15)7-13-10-5-6-10/h10-11,13,15H,5-9H2,1-4H3. The van der Waals surface area contributed by atoms with Gasteiger partial charge in [0.15, 0.2) is 0 Å². The molecule has 3 nitrogen and oxygen atoms in total. The van der Waals surface area contributed by atoms with Crippen LogP contribution in [0.15, 0.2) is 0 Å².